The van der Waals surface area contributed by atoms with E-state index < -0.39 is 0 Å². The Hall–Kier alpha value is -2.98. The maximum atomic E-state index is 9.49. The van der Waals surface area contributed by atoms with Crippen molar-refractivity contribution in [2.24, 2.45) is 0 Å². The molecule has 1 fully saturated rings. The third-order valence-corrected chi connectivity index (χ3v) is 5.34. The number of aryl methyl sites for hydroxylation is 1. The molecule has 5 rings (SSSR count). The number of benzene rings is 1. The van der Waals surface area contributed by atoms with Gasteiger partial charge in [0.05, 0.1) is 22.8 Å². The van der Waals surface area contributed by atoms with Gasteiger partial charge in [-0.3, -0.25) is 9.47 Å². The predicted octanol–water partition coefficient (Wildman–Crippen LogP) is 2.13. The minimum atomic E-state index is 0.471. The van der Waals surface area contributed by atoms with Crippen LogP contribution in [0.5, 0.6) is 0 Å². The van der Waals surface area contributed by atoms with E-state index in [0.717, 1.165) is 53.7 Å². The summed E-state index contributed by atoms with van der Waals surface area (Å²) in [5, 5.41) is 18.5. The summed E-state index contributed by atoms with van der Waals surface area (Å²) in [6.45, 7) is 5.11. The molecule has 2 aliphatic heterocycles. The van der Waals surface area contributed by atoms with Crippen molar-refractivity contribution in [3.63, 3.8) is 0 Å². The SMILES string of the molecule is Cc1ccc2c(c1)-n1nnc(CN3CCCC3)c1Cc1c(C#N)ncn1-2. The number of likely N-dealkylation sites (tertiary alicyclic amines) is 1. The molecule has 7 heteroatoms. The van der Waals surface area contributed by atoms with Crippen LogP contribution in [0.1, 0.15) is 41.2 Å². The van der Waals surface area contributed by atoms with Crippen LogP contribution in [0.2, 0.25) is 0 Å². The highest BCUT2D eigenvalue weighted by Crippen LogP contribution is 2.31. The Morgan fingerprint density at radius 3 is 2.81 bits per heavy atom. The van der Waals surface area contributed by atoms with Crippen molar-refractivity contribution < 1.29 is 0 Å². The zero-order valence-electron chi connectivity index (χ0n) is 14.7. The fourth-order valence-corrected chi connectivity index (χ4v) is 3.99. The van der Waals surface area contributed by atoms with Gasteiger partial charge in [0.25, 0.3) is 0 Å². The Kier molecular flexibility index (Phi) is 3.40. The third kappa shape index (κ3) is 2.26. The summed E-state index contributed by atoms with van der Waals surface area (Å²) >= 11 is 0. The number of rotatable bonds is 2. The van der Waals surface area contributed by atoms with Gasteiger partial charge < -0.3 is 0 Å². The Balaban J connectivity index is 1.70. The van der Waals surface area contributed by atoms with Gasteiger partial charge in [-0.25, -0.2) is 9.67 Å². The fraction of sp³-hybridized carbons (Fsp3) is 0.368. The Bertz CT molecular complexity index is 1030. The molecule has 130 valence electrons. The molecule has 2 aliphatic rings. The number of imidazole rings is 1. The Labute approximate surface area is 151 Å². The van der Waals surface area contributed by atoms with Crippen molar-refractivity contribution in [2.75, 3.05) is 13.1 Å². The number of fused-ring (bicyclic) bond motifs is 5. The number of nitrogens with zero attached hydrogens (tertiary/aromatic N) is 7. The van der Waals surface area contributed by atoms with E-state index in [2.05, 4.69) is 51.4 Å². The molecule has 3 aromatic rings. The fourth-order valence-electron chi connectivity index (χ4n) is 3.99. The van der Waals surface area contributed by atoms with Crippen molar-refractivity contribution in [2.45, 2.75) is 32.7 Å². The highest BCUT2D eigenvalue weighted by atomic mass is 15.4. The largest absolute Gasteiger partial charge is 0.299 e. The first-order valence-electron chi connectivity index (χ1n) is 8.98. The zero-order valence-corrected chi connectivity index (χ0v) is 14.7. The second kappa shape index (κ2) is 5.78. The highest BCUT2D eigenvalue weighted by Gasteiger charge is 2.27. The summed E-state index contributed by atoms with van der Waals surface area (Å²) in [6.07, 6.45) is 4.84. The molecule has 1 saturated heterocycles. The van der Waals surface area contributed by atoms with E-state index in [0.29, 0.717) is 12.1 Å². The average molecular weight is 345 g/mol. The molecule has 1 aromatic carbocycles. The van der Waals surface area contributed by atoms with Crippen LogP contribution in [0, 0.1) is 18.3 Å². The summed E-state index contributed by atoms with van der Waals surface area (Å²) in [5.74, 6) is 0. The number of hydrogen-bond donors (Lipinski definition) is 0. The van der Waals surface area contributed by atoms with Crippen molar-refractivity contribution in [1.29, 1.82) is 5.26 Å². The van der Waals surface area contributed by atoms with Crippen LogP contribution in [0.3, 0.4) is 0 Å². The van der Waals surface area contributed by atoms with Gasteiger partial charge in [-0.05, 0) is 50.6 Å². The van der Waals surface area contributed by atoms with Crippen LogP contribution >= 0.6 is 0 Å². The Morgan fingerprint density at radius 2 is 2.00 bits per heavy atom. The van der Waals surface area contributed by atoms with Crippen molar-refractivity contribution in [1.82, 2.24) is 29.4 Å². The van der Waals surface area contributed by atoms with Crippen LogP contribution in [0.4, 0.5) is 0 Å². The molecule has 4 heterocycles. The van der Waals surface area contributed by atoms with Crippen LogP contribution in [0.25, 0.3) is 11.4 Å². The van der Waals surface area contributed by atoms with Crippen molar-refractivity contribution >= 4 is 0 Å². The van der Waals surface area contributed by atoms with Crippen LogP contribution in [-0.4, -0.2) is 42.5 Å². The molecule has 7 nitrogen and oxygen atoms in total. The molecule has 26 heavy (non-hydrogen) atoms. The van der Waals surface area contributed by atoms with Gasteiger partial charge in [-0.2, -0.15) is 5.26 Å². The molecule has 0 saturated carbocycles. The first kappa shape index (κ1) is 15.3. The van der Waals surface area contributed by atoms with E-state index in [1.54, 1.807) is 6.33 Å². The van der Waals surface area contributed by atoms with E-state index in [-0.39, 0.29) is 0 Å². The lowest BCUT2D eigenvalue weighted by atomic mass is 10.1. The lowest BCUT2D eigenvalue weighted by molar-refractivity contribution is 0.326. The normalized spacial score (nSPS) is 15.8. The molecule has 0 bridgehead atoms. The van der Waals surface area contributed by atoms with E-state index in [1.165, 1.54) is 12.8 Å². The lowest BCUT2D eigenvalue weighted by Gasteiger charge is -2.13. The van der Waals surface area contributed by atoms with Gasteiger partial charge in [0.1, 0.15) is 18.1 Å². The molecular weight excluding hydrogens is 326 g/mol. The maximum absolute atomic E-state index is 9.49. The molecule has 0 N–H and O–H groups in total. The molecule has 0 amide bonds. The number of aromatic nitrogens is 5. The summed E-state index contributed by atoms with van der Waals surface area (Å²) in [4.78, 5) is 6.74. The minimum absolute atomic E-state index is 0.471. The van der Waals surface area contributed by atoms with E-state index >= 15 is 0 Å². The molecule has 0 atom stereocenters. The summed E-state index contributed by atoms with van der Waals surface area (Å²) in [7, 11) is 0. The van der Waals surface area contributed by atoms with Crippen LogP contribution in [-0.2, 0) is 13.0 Å². The molecule has 0 radical (unpaired) electrons. The first-order valence-corrected chi connectivity index (χ1v) is 8.98. The lowest BCUT2D eigenvalue weighted by Crippen LogP contribution is -2.20. The van der Waals surface area contributed by atoms with Gasteiger partial charge in [0, 0.05) is 13.0 Å². The highest BCUT2D eigenvalue weighted by molar-refractivity contribution is 5.58. The van der Waals surface area contributed by atoms with Gasteiger partial charge in [-0.1, -0.05) is 11.3 Å². The quantitative estimate of drug-likeness (QED) is 0.556. The van der Waals surface area contributed by atoms with Gasteiger partial charge >= 0.3 is 0 Å². The van der Waals surface area contributed by atoms with Crippen molar-refractivity contribution in [3.8, 4) is 17.4 Å². The first-order chi connectivity index (χ1) is 12.7. The Morgan fingerprint density at radius 1 is 1.15 bits per heavy atom. The second-order valence-electron chi connectivity index (χ2n) is 7.07. The van der Waals surface area contributed by atoms with Crippen molar-refractivity contribution in [3.05, 3.63) is 52.9 Å². The predicted molar refractivity (Wildman–Crippen MR) is 95.3 cm³/mol. The van der Waals surface area contributed by atoms with Gasteiger partial charge in [0.15, 0.2) is 5.69 Å². The third-order valence-electron chi connectivity index (χ3n) is 5.34. The molecule has 2 aromatic heterocycles. The zero-order chi connectivity index (χ0) is 17.7. The number of hydrogen-bond acceptors (Lipinski definition) is 5. The van der Waals surface area contributed by atoms with Crippen LogP contribution < -0.4 is 0 Å². The molecular formula is C19H19N7. The summed E-state index contributed by atoms with van der Waals surface area (Å²) in [5.41, 5.74) is 6.56. The van der Waals surface area contributed by atoms with E-state index in [9.17, 15) is 5.26 Å². The smallest absolute Gasteiger partial charge is 0.162 e. The maximum Gasteiger partial charge on any atom is 0.162 e. The van der Waals surface area contributed by atoms with E-state index in [4.69, 9.17) is 0 Å². The summed E-state index contributed by atoms with van der Waals surface area (Å²) < 4.78 is 3.96. The standard InChI is InChI=1S/C19H19N7/c1-13-4-5-16-19(8-13)26-18(9-17-14(10-20)21-12-25(16)17)15(22-23-26)11-24-6-2-3-7-24/h4-5,8,12H,2-3,6-7,9,11H2,1H3. The summed E-state index contributed by atoms with van der Waals surface area (Å²) in [6, 6.07) is 8.48. The monoisotopic (exact) mass is 345 g/mol. The van der Waals surface area contributed by atoms with Crippen LogP contribution in [0.15, 0.2) is 24.5 Å². The topological polar surface area (TPSA) is 75.6 Å². The van der Waals surface area contributed by atoms with E-state index in [1.807, 2.05) is 9.25 Å². The molecule has 0 aliphatic carbocycles. The minimum Gasteiger partial charge on any atom is -0.299 e. The molecule has 0 unspecified atom stereocenters. The number of nitriles is 1. The molecule has 0 spiro atoms. The van der Waals surface area contributed by atoms with Gasteiger partial charge in [-0.15, -0.1) is 5.10 Å². The van der Waals surface area contributed by atoms with Gasteiger partial charge in [0.2, 0.25) is 0 Å². The second-order valence-corrected chi connectivity index (χ2v) is 7.07. The average Bonchev–Trinajstić information content (AvgIpc) is 3.36.